The van der Waals surface area contributed by atoms with Crippen LogP contribution in [0.5, 0.6) is 0 Å². The van der Waals surface area contributed by atoms with Crippen LogP contribution in [0.15, 0.2) is 30.3 Å². The predicted molar refractivity (Wildman–Crippen MR) is 111 cm³/mol. The lowest BCUT2D eigenvalue weighted by atomic mass is 9.92. The first-order chi connectivity index (χ1) is 12.2. The number of ketones is 2. The van der Waals surface area contributed by atoms with Gasteiger partial charge in [0.05, 0.1) is 0 Å². The summed E-state index contributed by atoms with van der Waals surface area (Å²) in [7, 11) is 0. The Balaban J connectivity index is 0.00000338. The first-order valence-corrected chi connectivity index (χ1v) is 9.83. The van der Waals surface area contributed by atoms with Crippen LogP contribution in [0.4, 0.5) is 0 Å². The van der Waals surface area contributed by atoms with E-state index in [9.17, 15) is 9.59 Å². The van der Waals surface area contributed by atoms with Gasteiger partial charge in [-0.15, -0.1) is 12.4 Å². The number of allylic oxidation sites excluding steroid dienone is 1. The molecule has 0 spiro atoms. The van der Waals surface area contributed by atoms with Gasteiger partial charge in [0.2, 0.25) is 11.6 Å². The molecule has 0 N–H and O–H groups in total. The van der Waals surface area contributed by atoms with Crippen LogP contribution in [-0.4, -0.2) is 29.6 Å². The Hall–Kier alpha value is -1.61. The molecule has 0 radical (unpaired) electrons. The van der Waals surface area contributed by atoms with Crippen molar-refractivity contribution in [3.63, 3.8) is 0 Å². The number of fused-ring (bicyclic) bond motifs is 1. The third kappa shape index (κ3) is 5.98. The number of rotatable bonds is 11. The molecule has 0 aliphatic heterocycles. The largest absolute Gasteiger partial charge is 0.371 e. The molecule has 0 amide bonds. The second-order valence-electron chi connectivity index (χ2n) is 6.88. The summed E-state index contributed by atoms with van der Waals surface area (Å²) in [5.74, 6) is -0.767. The van der Waals surface area contributed by atoms with E-state index in [1.54, 1.807) is 12.1 Å². The van der Waals surface area contributed by atoms with Crippen LogP contribution < -0.4 is 0 Å². The summed E-state index contributed by atoms with van der Waals surface area (Å²) in [5.41, 5.74) is 2.41. The summed E-state index contributed by atoms with van der Waals surface area (Å²) >= 11 is 0. The van der Waals surface area contributed by atoms with Gasteiger partial charge >= 0.3 is 0 Å². The van der Waals surface area contributed by atoms with Gasteiger partial charge in [0.15, 0.2) is 0 Å². The fourth-order valence-electron chi connectivity index (χ4n) is 3.38. The van der Waals surface area contributed by atoms with Crippen LogP contribution >= 0.6 is 12.4 Å². The normalized spacial score (nSPS) is 13.1. The highest BCUT2D eigenvalue weighted by Gasteiger charge is 2.27. The Bertz CT molecular complexity index is 612. The topological polar surface area (TPSA) is 37.4 Å². The van der Waals surface area contributed by atoms with E-state index < -0.39 is 0 Å². The Morgan fingerprint density at radius 2 is 1.31 bits per heavy atom. The molecule has 0 fully saturated rings. The number of hydrogen-bond acceptors (Lipinski definition) is 3. The Morgan fingerprint density at radius 1 is 0.769 bits per heavy atom. The maximum atomic E-state index is 12.2. The zero-order valence-corrected chi connectivity index (χ0v) is 16.9. The van der Waals surface area contributed by atoms with Crippen molar-refractivity contribution in [1.29, 1.82) is 0 Å². The third-order valence-electron chi connectivity index (χ3n) is 4.84. The molecule has 1 aromatic carbocycles. The molecule has 0 unspecified atom stereocenters. The SMILES string of the molecule is CCCCCCN(CCCCCC)C1=CC(=O)C(=O)c2ccccc21.Cl. The van der Waals surface area contributed by atoms with Gasteiger partial charge in [-0.3, -0.25) is 9.59 Å². The summed E-state index contributed by atoms with van der Waals surface area (Å²) in [6, 6.07) is 7.52. The fraction of sp³-hybridized carbons (Fsp3) is 0.545. The number of halogens is 1. The summed E-state index contributed by atoms with van der Waals surface area (Å²) in [4.78, 5) is 26.7. The molecule has 0 saturated heterocycles. The van der Waals surface area contributed by atoms with E-state index in [-0.39, 0.29) is 24.0 Å². The fourth-order valence-corrected chi connectivity index (χ4v) is 3.38. The molecule has 4 heteroatoms. The lowest BCUT2D eigenvalue weighted by Gasteiger charge is -2.30. The monoisotopic (exact) mass is 377 g/mol. The van der Waals surface area contributed by atoms with Crippen LogP contribution in [0.25, 0.3) is 5.70 Å². The molecule has 0 bridgehead atoms. The van der Waals surface area contributed by atoms with Crippen LogP contribution in [0.3, 0.4) is 0 Å². The second-order valence-corrected chi connectivity index (χ2v) is 6.88. The highest BCUT2D eigenvalue weighted by molar-refractivity contribution is 6.50. The molecule has 1 aliphatic rings. The molecule has 0 heterocycles. The number of benzene rings is 1. The van der Waals surface area contributed by atoms with Gasteiger partial charge in [-0.1, -0.05) is 76.6 Å². The molecule has 0 atom stereocenters. The number of Topliss-reactive ketones (excluding diaryl/α,β-unsaturated/α-hetero) is 1. The molecular formula is C22H32ClNO2. The average molecular weight is 378 g/mol. The predicted octanol–water partition coefficient (Wildman–Crippen LogP) is 5.68. The molecule has 144 valence electrons. The molecule has 2 rings (SSSR count). The van der Waals surface area contributed by atoms with Crippen molar-refractivity contribution < 1.29 is 9.59 Å². The van der Waals surface area contributed by atoms with Crippen molar-refractivity contribution in [1.82, 2.24) is 4.90 Å². The standard InChI is InChI=1S/C22H31NO2.ClH/c1-3-5-7-11-15-23(16-12-8-6-4-2)20-17-21(24)22(25)19-14-10-9-13-18(19)20;/h9-10,13-14,17H,3-8,11-12,15-16H2,1-2H3;1H. The van der Waals surface area contributed by atoms with Crippen LogP contribution in [0.2, 0.25) is 0 Å². The third-order valence-corrected chi connectivity index (χ3v) is 4.84. The first-order valence-electron chi connectivity index (χ1n) is 9.83. The molecule has 26 heavy (non-hydrogen) atoms. The van der Waals surface area contributed by atoms with Gasteiger partial charge in [0, 0.05) is 36.0 Å². The van der Waals surface area contributed by atoms with E-state index in [1.807, 2.05) is 18.2 Å². The van der Waals surface area contributed by atoms with Crippen LogP contribution in [0, 0.1) is 0 Å². The summed E-state index contributed by atoms with van der Waals surface area (Å²) < 4.78 is 0. The van der Waals surface area contributed by atoms with Gasteiger partial charge in [-0.2, -0.15) is 0 Å². The Labute approximate surface area is 164 Å². The van der Waals surface area contributed by atoms with Crippen molar-refractivity contribution in [3.8, 4) is 0 Å². The zero-order chi connectivity index (χ0) is 18.1. The summed E-state index contributed by atoms with van der Waals surface area (Å²) in [6.07, 6.45) is 11.2. The second kappa shape index (κ2) is 11.9. The molecule has 1 aromatic rings. The van der Waals surface area contributed by atoms with Gasteiger partial charge in [-0.05, 0) is 12.8 Å². The van der Waals surface area contributed by atoms with Gasteiger partial charge in [0.25, 0.3) is 0 Å². The lowest BCUT2D eigenvalue weighted by molar-refractivity contribution is -0.111. The molecule has 0 aromatic heterocycles. The summed E-state index contributed by atoms with van der Waals surface area (Å²) in [5, 5.41) is 0. The Kier molecular flexibility index (Phi) is 10.3. The Morgan fingerprint density at radius 3 is 1.85 bits per heavy atom. The molecular weight excluding hydrogens is 346 g/mol. The van der Waals surface area contributed by atoms with Gasteiger partial charge in [-0.25, -0.2) is 0 Å². The number of carbonyl (C=O) groups is 2. The highest BCUT2D eigenvalue weighted by atomic mass is 35.5. The maximum Gasteiger partial charge on any atom is 0.233 e. The van der Waals surface area contributed by atoms with Crippen molar-refractivity contribution in [2.45, 2.75) is 65.2 Å². The highest BCUT2D eigenvalue weighted by Crippen LogP contribution is 2.28. The molecule has 1 aliphatic carbocycles. The van der Waals surface area contributed by atoms with Crippen molar-refractivity contribution in [3.05, 3.63) is 41.5 Å². The number of unbranched alkanes of at least 4 members (excludes halogenated alkanes) is 6. The van der Waals surface area contributed by atoms with Gasteiger partial charge < -0.3 is 4.90 Å². The minimum Gasteiger partial charge on any atom is -0.371 e. The molecule has 0 saturated carbocycles. The maximum absolute atomic E-state index is 12.2. The van der Waals surface area contributed by atoms with E-state index in [1.165, 1.54) is 38.5 Å². The number of nitrogens with zero attached hydrogens (tertiary/aromatic N) is 1. The minimum atomic E-state index is -0.388. The lowest BCUT2D eigenvalue weighted by Crippen LogP contribution is -2.30. The van der Waals surface area contributed by atoms with E-state index in [0.29, 0.717) is 5.56 Å². The molecule has 3 nitrogen and oxygen atoms in total. The van der Waals surface area contributed by atoms with E-state index in [2.05, 4.69) is 18.7 Å². The van der Waals surface area contributed by atoms with Crippen molar-refractivity contribution >= 4 is 29.7 Å². The van der Waals surface area contributed by atoms with Crippen molar-refractivity contribution in [2.24, 2.45) is 0 Å². The van der Waals surface area contributed by atoms with Crippen molar-refractivity contribution in [2.75, 3.05) is 13.1 Å². The van der Waals surface area contributed by atoms with E-state index >= 15 is 0 Å². The number of hydrogen-bond donors (Lipinski definition) is 0. The quantitative estimate of drug-likeness (QED) is 0.368. The number of carbonyl (C=O) groups excluding carboxylic acids is 2. The minimum absolute atomic E-state index is 0. The zero-order valence-electron chi connectivity index (χ0n) is 16.1. The van der Waals surface area contributed by atoms with Crippen LogP contribution in [0.1, 0.15) is 81.1 Å². The van der Waals surface area contributed by atoms with Crippen LogP contribution in [-0.2, 0) is 4.79 Å². The summed E-state index contributed by atoms with van der Waals surface area (Å²) in [6.45, 7) is 6.33. The smallest absolute Gasteiger partial charge is 0.233 e. The first kappa shape index (κ1) is 22.4. The van der Waals surface area contributed by atoms with E-state index in [0.717, 1.165) is 37.2 Å². The average Bonchev–Trinajstić information content (AvgIpc) is 2.63. The van der Waals surface area contributed by atoms with E-state index in [4.69, 9.17) is 0 Å². The van der Waals surface area contributed by atoms with Gasteiger partial charge in [0.1, 0.15) is 0 Å².